The zero-order chi connectivity index (χ0) is 17.4. The Morgan fingerprint density at radius 2 is 2.00 bits per heavy atom. The van der Waals surface area contributed by atoms with E-state index in [4.69, 9.17) is 21.1 Å². The number of aryl methyl sites for hydroxylation is 1. The molecule has 1 amide bonds. The third-order valence-electron chi connectivity index (χ3n) is 3.76. The van der Waals surface area contributed by atoms with Crippen LogP contribution < -0.4 is 14.8 Å². The van der Waals surface area contributed by atoms with Gasteiger partial charge in [-0.15, -0.1) is 0 Å². The van der Waals surface area contributed by atoms with Crippen molar-refractivity contribution in [3.05, 3.63) is 64.8 Å². The lowest BCUT2D eigenvalue weighted by Crippen LogP contribution is -2.15. The average molecular weight is 356 g/mol. The molecule has 0 unspecified atom stereocenters. The third kappa shape index (κ3) is 3.04. The van der Waals surface area contributed by atoms with E-state index in [0.717, 1.165) is 11.4 Å². The summed E-state index contributed by atoms with van der Waals surface area (Å²) in [5.41, 5.74) is 2.02. The summed E-state index contributed by atoms with van der Waals surface area (Å²) in [6, 6.07) is 14.1. The van der Waals surface area contributed by atoms with E-state index < -0.39 is 0 Å². The number of nitrogens with one attached hydrogen (secondary N) is 1. The number of fused-ring (bicyclic) bond motifs is 1. The molecule has 25 heavy (non-hydrogen) atoms. The monoisotopic (exact) mass is 355 g/mol. The van der Waals surface area contributed by atoms with Gasteiger partial charge in [0.2, 0.25) is 6.79 Å². The van der Waals surface area contributed by atoms with Crippen LogP contribution in [0.25, 0.3) is 5.69 Å². The summed E-state index contributed by atoms with van der Waals surface area (Å²) in [4.78, 5) is 12.6. The Bertz CT molecular complexity index is 968. The average Bonchev–Trinajstić information content (AvgIpc) is 3.20. The predicted molar refractivity (Wildman–Crippen MR) is 93.8 cm³/mol. The topological polar surface area (TPSA) is 65.4 Å². The molecule has 0 fully saturated rings. The molecule has 0 aliphatic carbocycles. The summed E-state index contributed by atoms with van der Waals surface area (Å²) in [6.07, 6.45) is 0. The van der Waals surface area contributed by atoms with Crippen molar-refractivity contribution in [3.8, 4) is 17.2 Å². The molecule has 4 rings (SSSR count). The quantitative estimate of drug-likeness (QED) is 0.775. The third-order valence-corrected chi connectivity index (χ3v) is 4.00. The van der Waals surface area contributed by atoms with Crippen LogP contribution in [-0.4, -0.2) is 22.5 Å². The van der Waals surface area contributed by atoms with Gasteiger partial charge in [-0.05, 0) is 43.3 Å². The van der Waals surface area contributed by atoms with Gasteiger partial charge in [-0.3, -0.25) is 4.79 Å². The summed E-state index contributed by atoms with van der Waals surface area (Å²) in [5.74, 6) is 1.49. The first kappa shape index (κ1) is 15.5. The lowest BCUT2D eigenvalue weighted by Gasteiger charge is -2.09. The van der Waals surface area contributed by atoms with Crippen molar-refractivity contribution < 1.29 is 14.3 Å². The van der Waals surface area contributed by atoms with E-state index in [0.29, 0.717) is 27.9 Å². The second kappa shape index (κ2) is 6.14. The number of halogens is 1. The first-order valence-electron chi connectivity index (χ1n) is 7.64. The van der Waals surface area contributed by atoms with Gasteiger partial charge < -0.3 is 14.8 Å². The van der Waals surface area contributed by atoms with E-state index in [2.05, 4.69) is 10.4 Å². The molecule has 1 N–H and O–H groups in total. The van der Waals surface area contributed by atoms with Crippen molar-refractivity contribution in [1.82, 2.24) is 9.78 Å². The van der Waals surface area contributed by atoms with Crippen LogP contribution in [0.2, 0.25) is 5.02 Å². The van der Waals surface area contributed by atoms with Gasteiger partial charge in [0.1, 0.15) is 5.82 Å². The Kier molecular flexibility index (Phi) is 3.82. The highest BCUT2D eigenvalue weighted by Gasteiger charge is 2.18. The SMILES string of the molecule is Cc1cc(NC(=O)c2ccc3c(c2)OCO3)n(-c2cccc(Cl)c2)n1. The highest BCUT2D eigenvalue weighted by Crippen LogP contribution is 2.32. The minimum atomic E-state index is -0.263. The Hall–Kier alpha value is -2.99. The number of nitrogens with zero attached hydrogens (tertiary/aromatic N) is 2. The zero-order valence-electron chi connectivity index (χ0n) is 13.3. The van der Waals surface area contributed by atoms with Crippen LogP contribution in [0.5, 0.6) is 11.5 Å². The predicted octanol–water partition coefficient (Wildman–Crippen LogP) is 3.82. The summed E-state index contributed by atoms with van der Waals surface area (Å²) in [5, 5.41) is 7.90. The summed E-state index contributed by atoms with van der Waals surface area (Å²) in [6.45, 7) is 2.03. The second-order valence-electron chi connectivity index (χ2n) is 5.58. The molecule has 126 valence electrons. The lowest BCUT2D eigenvalue weighted by atomic mass is 10.2. The molecule has 1 aromatic heterocycles. The zero-order valence-corrected chi connectivity index (χ0v) is 14.1. The number of rotatable bonds is 3. The molecule has 2 heterocycles. The molecule has 6 nitrogen and oxygen atoms in total. The summed E-state index contributed by atoms with van der Waals surface area (Å²) < 4.78 is 12.2. The normalized spacial score (nSPS) is 12.2. The fourth-order valence-electron chi connectivity index (χ4n) is 2.62. The molecule has 0 saturated carbocycles. The van der Waals surface area contributed by atoms with Crippen LogP contribution >= 0.6 is 11.6 Å². The molecular formula is C18H14ClN3O3. The molecule has 3 aromatic rings. The van der Waals surface area contributed by atoms with Crippen molar-refractivity contribution in [3.63, 3.8) is 0 Å². The number of hydrogen-bond acceptors (Lipinski definition) is 4. The maximum absolute atomic E-state index is 12.6. The summed E-state index contributed by atoms with van der Waals surface area (Å²) in [7, 11) is 0. The van der Waals surface area contributed by atoms with Crippen molar-refractivity contribution in [2.75, 3.05) is 12.1 Å². The minimum absolute atomic E-state index is 0.168. The van der Waals surface area contributed by atoms with Gasteiger partial charge in [-0.1, -0.05) is 17.7 Å². The van der Waals surface area contributed by atoms with Gasteiger partial charge >= 0.3 is 0 Å². The molecule has 7 heteroatoms. The van der Waals surface area contributed by atoms with Crippen LogP contribution in [0.4, 0.5) is 5.82 Å². The molecule has 1 aliphatic rings. The van der Waals surface area contributed by atoms with Crippen LogP contribution in [-0.2, 0) is 0 Å². The number of hydrogen-bond donors (Lipinski definition) is 1. The number of anilines is 1. The second-order valence-corrected chi connectivity index (χ2v) is 6.02. The van der Waals surface area contributed by atoms with E-state index in [9.17, 15) is 4.79 Å². The molecule has 0 radical (unpaired) electrons. The van der Waals surface area contributed by atoms with E-state index in [1.165, 1.54) is 0 Å². The number of carbonyl (C=O) groups excluding carboxylic acids is 1. The molecule has 0 atom stereocenters. The standard InChI is InChI=1S/C18H14ClN3O3/c1-11-7-17(22(21-11)14-4-2-3-13(19)9-14)20-18(23)12-5-6-15-16(8-12)25-10-24-15/h2-9H,10H2,1H3,(H,20,23). The van der Waals surface area contributed by atoms with Crippen molar-refractivity contribution in [1.29, 1.82) is 0 Å². The molecule has 1 aliphatic heterocycles. The van der Waals surface area contributed by atoms with Gasteiger partial charge in [0.25, 0.3) is 5.91 Å². The van der Waals surface area contributed by atoms with Gasteiger partial charge in [-0.2, -0.15) is 5.10 Å². The van der Waals surface area contributed by atoms with E-state index >= 15 is 0 Å². The van der Waals surface area contributed by atoms with Crippen LogP contribution in [0, 0.1) is 6.92 Å². The number of amides is 1. The van der Waals surface area contributed by atoms with E-state index in [1.807, 2.05) is 19.1 Å². The largest absolute Gasteiger partial charge is 0.454 e. The Balaban J connectivity index is 1.64. The van der Waals surface area contributed by atoms with Gasteiger partial charge in [0.05, 0.1) is 11.4 Å². The van der Waals surface area contributed by atoms with Gasteiger partial charge in [0, 0.05) is 16.7 Å². The number of aromatic nitrogens is 2. The van der Waals surface area contributed by atoms with Crippen molar-refractivity contribution in [2.45, 2.75) is 6.92 Å². The number of benzene rings is 2. The maximum Gasteiger partial charge on any atom is 0.256 e. The molecule has 2 aromatic carbocycles. The first-order valence-corrected chi connectivity index (χ1v) is 8.01. The lowest BCUT2D eigenvalue weighted by molar-refractivity contribution is 0.102. The van der Waals surface area contributed by atoms with Crippen LogP contribution in [0.1, 0.15) is 16.1 Å². The Labute approximate surface area is 148 Å². The smallest absolute Gasteiger partial charge is 0.256 e. The van der Waals surface area contributed by atoms with E-state index in [-0.39, 0.29) is 12.7 Å². The highest BCUT2D eigenvalue weighted by molar-refractivity contribution is 6.30. The minimum Gasteiger partial charge on any atom is -0.454 e. The first-order chi connectivity index (χ1) is 12.1. The molecule has 0 saturated heterocycles. The van der Waals surface area contributed by atoms with Crippen molar-refractivity contribution in [2.24, 2.45) is 0 Å². The molecule has 0 spiro atoms. The van der Waals surface area contributed by atoms with Gasteiger partial charge in [-0.25, -0.2) is 4.68 Å². The van der Waals surface area contributed by atoms with Gasteiger partial charge in [0.15, 0.2) is 11.5 Å². The van der Waals surface area contributed by atoms with Crippen molar-refractivity contribution >= 4 is 23.3 Å². The fourth-order valence-corrected chi connectivity index (χ4v) is 2.80. The fraction of sp³-hybridized carbons (Fsp3) is 0.111. The van der Waals surface area contributed by atoms with Crippen LogP contribution in [0.15, 0.2) is 48.5 Å². The summed E-state index contributed by atoms with van der Waals surface area (Å²) >= 11 is 6.06. The Morgan fingerprint density at radius 3 is 2.84 bits per heavy atom. The highest BCUT2D eigenvalue weighted by atomic mass is 35.5. The molecule has 0 bridgehead atoms. The number of ether oxygens (including phenoxy) is 2. The van der Waals surface area contributed by atoms with Crippen LogP contribution in [0.3, 0.4) is 0 Å². The molecular weight excluding hydrogens is 342 g/mol. The number of carbonyl (C=O) groups is 1. The van der Waals surface area contributed by atoms with E-state index in [1.54, 1.807) is 41.1 Å². The Morgan fingerprint density at radius 1 is 1.16 bits per heavy atom. The maximum atomic E-state index is 12.6.